The summed E-state index contributed by atoms with van der Waals surface area (Å²) in [6.07, 6.45) is 5.13. The normalized spacial score (nSPS) is 27.4. The zero-order valence-corrected chi connectivity index (χ0v) is 16.1. The standard InChI is InChI=1S/C19H28N4O3/c1-13-15-5-6-23(9-16(15)26-22-13)17(25)21-14-7-18(2,3)10-19(4,8-14)11-20-12-24/h14H,5-11H2,1-4H3,(H,21,25). The van der Waals surface area contributed by atoms with Gasteiger partial charge in [0.2, 0.25) is 6.08 Å². The lowest BCUT2D eigenvalue weighted by atomic mass is 9.62. The minimum Gasteiger partial charge on any atom is -0.359 e. The van der Waals surface area contributed by atoms with Crippen molar-refractivity contribution >= 4 is 12.1 Å². The summed E-state index contributed by atoms with van der Waals surface area (Å²) in [6, 6.07) is 0.00426. The Bertz CT molecular complexity index is 735. The first-order chi connectivity index (χ1) is 12.2. The van der Waals surface area contributed by atoms with Crippen LogP contribution in [0, 0.1) is 17.8 Å². The van der Waals surface area contributed by atoms with Crippen molar-refractivity contribution in [3.63, 3.8) is 0 Å². The quantitative estimate of drug-likeness (QED) is 0.663. The first-order valence-electron chi connectivity index (χ1n) is 9.24. The van der Waals surface area contributed by atoms with Crippen molar-refractivity contribution < 1.29 is 14.1 Å². The van der Waals surface area contributed by atoms with Gasteiger partial charge in [-0.1, -0.05) is 25.9 Å². The van der Waals surface area contributed by atoms with Gasteiger partial charge < -0.3 is 14.7 Å². The molecule has 26 heavy (non-hydrogen) atoms. The van der Waals surface area contributed by atoms with Crippen molar-refractivity contribution in [2.24, 2.45) is 15.8 Å². The maximum Gasteiger partial charge on any atom is 0.318 e. The summed E-state index contributed by atoms with van der Waals surface area (Å²) in [4.78, 5) is 28.9. The van der Waals surface area contributed by atoms with Crippen molar-refractivity contribution in [3.05, 3.63) is 17.0 Å². The molecule has 142 valence electrons. The highest BCUT2D eigenvalue weighted by atomic mass is 16.5. The lowest BCUT2D eigenvalue weighted by Gasteiger charge is -2.46. The van der Waals surface area contributed by atoms with E-state index >= 15 is 0 Å². The lowest BCUT2D eigenvalue weighted by molar-refractivity contribution is 0.0769. The first-order valence-corrected chi connectivity index (χ1v) is 9.24. The molecule has 1 N–H and O–H groups in total. The summed E-state index contributed by atoms with van der Waals surface area (Å²) < 4.78 is 5.35. The van der Waals surface area contributed by atoms with E-state index in [2.05, 4.69) is 36.2 Å². The number of urea groups is 1. The number of aryl methyl sites for hydroxylation is 1. The van der Waals surface area contributed by atoms with E-state index in [9.17, 15) is 9.59 Å². The second-order valence-electron chi connectivity index (χ2n) is 8.96. The summed E-state index contributed by atoms with van der Waals surface area (Å²) in [5.74, 6) is 0.790. The molecule has 2 heterocycles. The number of amides is 2. The Morgan fingerprint density at radius 2 is 2.19 bits per heavy atom. The molecular weight excluding hydrogens is 332 g/mol. The summed E-state index contributed by atoms with van der Waals surface area (Å²) >= 11 is 0. The van der Waals surface area contributed by atoms with Gasteiger partial charge in [0.25, 0.3) is 0 Å². The van der Waals surface area contributed by atoms with E-state index in [-0.39, 0.29) is 22.9 Å². The largest absolute Gasteiger partial charge is 0.359 e. The van der Waals surface area contributed by atoms with Gasteiger partial charge in [-0.05, 0) is 43.4 Å². The summed E-state index contributed by atoms with van der Waals surface area (Å²) in [5.41, 5.74) is 2.03. The lowest BCUT2D eigenvalue weighted by Crippen LogP contribution is -2.52. The van der Waals surface area contributed by atoms with Crippen LogP contribution in [-0.2, 0) is 17.8 Å². The van der Waals surface area contributed by atoms with Crippen LogP contribution in [0.25, 0.3) is 0 Å². The minimum atomic E-state index is -0.103. The Morgan fingerprint density at radius 3 is 2.92 bits per heavy atom. The highest BCUT2D eigenvalue weighted by Gasteiger charge is 2.42. The van der Waals surface area contributed by atoms with Gasteiger partial charge in [-0.3, -0.25) is 0 Å². The maximum atomic E-state index is 12.8. The maximum absolute atomic E-state index is 12.8. The predicted molar refractivity (Wildman–Crippen MR) is 96.4 cm³/mol. The number of fused-ring (bicyclic) bond motifs is 1. The molecule has 1 aromatic heterocycles. The van der Waals surface area contributed by atoms with Crippen LogP contribution in [0.4, 0.5) is 4.79 Å². The van der Waals surface area contributed by atoms with Gasteiger partial charge in [-0.25, -0.2) is 14.6 Å². The highest BCUT2D eigenvalue weighted by molar-refractivity contribution is 5.74. The number of rotatable bonds is 3. The number of isocyanates is 1. The molecule has 1 aliphatic carbocycles. The first kappa shape index (κ1) is 18.6. The third-order valence-corrected chi connectivity index (χ3v) is 5.62. The van der Waals surface area contributed by atoms with E-state index in [1.54, 1.807) is 11.0 Å². The van der Waals surface area contributed by atoms with Crippen LogP contribution >= 0.6 is 0 Å². The van der Waals surface area contributed by atoms with Gasteiger partial charge >= 0.3 is 6.03 Å². The van der Waals surface area contributed by atoms with Crippen molar-refractivity contribution in [1.82, 2.24) is 15.4 Å². The molecule has 0 bridgehead atoms. The third kappa shape index (κ3) is 3.98. The SMILES string of the molecule is Cc1noc2c1CCN(C(=O)NC1CC(C)(C)CC(C)(CN=C=O)C1)C2. The molecule has 0 spiro atoms. The van der Waals surface area contributed by atoms with Gasteiger partial charge in [0.1, 0.15) is 0 Å². The molecule has 2 aliphatic rings. The number of aliphatic imine (C=N–C) groups is 1. The Hall–Kier alpha value is -2.14. The van der Waals surface area contributed by atoms with Crippen LogP contribution in [-0.4, -0.2) is 41.3 Å². The third-order valence-electron chi connectivity index (χ3n) is 5.62. The molecule has 3 rings (SSSR count). The van der Waals surface area contributed by atoms with Crippen molar-refractivity contribution in [2.45, 2.75) is 66.0 Å². The van der Waals surface area contributed by atoms with E-state index < -0.39 is 0 Å². The zero-order valence-electron chi connectivity index (χ0n) is 16.1. The molecule has 0 radical (unpaired) electrons. The van der Waals surface area contributed by atoms with Gasteiger partial charge in [0, 0.05) is 18.2 Å². The smallest absolute Gasteiger partial charge is 0.318 e. The molecule has 2 unspecified atom stereocenters. The van der Waals surface area contributed by atoms with Gasteiger partial charge in [0.15, 0.2) is 5.76 Å². The number of nitrogens with one attached hydrogen (secondary N) is 1. The number of hydrogen-bond donors (Lipinski definition) is 1. The molecule has 0 aromatic carbocycles. The van der Waals surface area contributed by atoms with Crippen LogP contribution in [0.2, 0.25) is 0 Å². The van der Waals surface area contributed by atoms with E-state index in [0.717, 1.165) is 42.7 Å². The van der Waals surface area contributed by atoms with Crippen LogP contribution in [0.3, 0.4) is 0 Å². The molecular formula is C19H28N4O3. The topological polar surface area (TPSA) is 87.8 Å². The van der Waals surface area contributed by atoms with Crippen molar-refractivity contribution in [2.75, 3.05) is 13.1 Å². The minimum absolute atomic E-state index is 0.0614. The Labute approximate surface area is 154 Å². The molecule has 7 heteroatoms. The monoisotopic (exact) mass is 360 g/mol. The Morgan fingerprint density at radius 1 is 1.42 bits per heavy atom. The van der Waals surface area contributed by atoms with Crippen molar-refractivity contribution in [3.8, 4) is 0 Å². The summed E-state index contributed by atoms with van der Waals surface area (Å²) in [7, 11) is 0. The number of nitrogens with zero attached hydrogens (tertiary/aromatic N) is 3. The number of carbonyl (C=O) groups excluding carboxylic acids is 2. The van der Waals surface area contributed by atoms with E-state index in [1.807, 2.05) is 6.92 Å². The molecule has 7 nitrogen and oxygen atoms in total. The highest BCUT2D eigenvalue weighted by Crippen LogP contribution is 2.46. The molecule has 2 atom stereocenters. The second kappa shape index (κ2) is 6.88. The van der Waals surface area contributed by atoms with Crippen LogP contribution < -0.4 is 5.32 Å². The van der Waals surface area contributed by atoms with Crippen LogP contribution in [0.5, 0.6) is 0 Å². The van der Waals surface area contributed by atoms with E-state index in [0.29, 0.717) is 19.6 Å². The van der Waals surface area contributed by atoms with E-state index in [1.165, 1.54) is 0 Å². The molecule has 2 amide bonds. The number of hydrogen-bond acceptors (Lipinski definition) is 5. The number of carbonyl (C=O) groups is 1. The molecule has 1 aliphatic heterocycles. The van der Waals surface area contributed by atoms with Gasteiger partial charge in [0.05, 0.1) is 18.8 Å². The molecule has 1 aromatic rings. The Kier molecular flexibility index (Phi) is 4.93. The molecule has 1 fully saturated rings. The fourth-order valence-corrected chi connectivity index (χ4v) is 4.90. The second-order valence-corrected chi connectivity index (χ2v) is 8.96. The molecule has 1 saturated carbocycles. The average Bonchev–Trinajstić information content (AvgIpc) is 2.92. The molecule has 0 saturated heterocycles. The average molecular weight is 360 g/mol. The Balaban J connectivity index is 1.65. The van der Waals surface area contributed by atoms with Gasteiger partial charge in [-0.15, -0.1) is 0 Å². The summed E-state index contributed by atoms with van der Waals surface area (Å²) in [6.45, 7) is 10.1. The zero-order chi connectivity index (χ0) is 18.9. The fraction of sp³-hybridized carbons (Fsp3) is 0.737. The number of aromatic nitrogens is 1. The summed E-state index contributed by atoms with van der Waals surface area (Å²) in [5, 5.41) is 7.20. The van der Waals surface area contributed by atoms with Crippen molar-refractivity contribution in [1.29, 1.82) is 0 Å². The van der Waals surface area contributed by atoms with E-state index in [4.69, 9.17) is 4.52 Å². The van der Waals surface area contributed by atoms with Crippen LogP contribution in [0.1, 0.15) is 57.1 Å². The predicted octanol–water partition coefficient (Wildman–Crippen LogP) is 2.97. The van der Waals surface area contributed by atoms with Gasteiger partial charge in [-0.2, -0.15) is 0 Å². The van der Waals surface area contributed by atoms with Crippen LogP contribution in [0.15, 0.2) is 9.52 Å². The fourth-order valence-electron chi connectivity index (χ4n) is 4.90.